The molecule has 0 saturated heterocycles. The summed E-state index contributed by atoms with van der Waals surface area (Å²) in [6, 6.07) is 21.7. The molecule has 6 rings (SSSR count). The van der Waals surface area contributed by atoms with Gasteiger partial charge in [-0.1, -0.05) is 54.7 Å². The van der Waals surface area contributed by atoms with Gasteiger partial charge in [0.25, 0.3) is 0 Å². The van der Waals surface area contributed by atoms with Crippen LogP contribution < -0.4 is 0 Å². The number of benzene rings is 4. The molecule has 1 fully saturated rings. The van der Waals surface area contributed by atoms with Crippen molar-refractivity contribution in [2.24, 2.45) is 5.92 Å². The van der Waals surface area contributed by atoms with Crippen LogP contribution in [0.4, 0.5) is 0 Å². The Morgan fingerprint density at radius 1 is 0.850 bits per heavy atom. The molecule has 1 heterocycles. The van der Waals surface area contributed by atoms with Gasteiger partial charge >= 0.3 is 0 Å². The number of hydrogen-bond acceptors (Lipinski definition) is 4. The molecule has 1 aliphatic rings. The number of aromatic nitrogens is 2. The van der Waals surface area contributed by atoms with E-state index < -0.39 is 5.60 Å². The summed E-state index contributed by atoms with van der Waals surface area (Å²) in [4.78, 5) is 8.38. The average Bonchev–Trinajstić information content (AvgIpc) is 3.64. The predicted molar refractivity (Wildman–Crippen MR) is 158 cm³/mol. The number of imidazole rings is 1. The Labute approximate surface area is 233 Å². The Morgan fingerprint density at radius 3 is 2.12 bits per heavy atom. The molecular weight excluding hydrogens is 492 g/mol. The summed E-state index contributed by atoms with van der Waals surface area (Å²) in [5, 5.41) is 33.6. The molecule has 40 heavy (non-hydrogen) atoms. The standard InChI is InChI=1S/C35H26N4O/c1-35(2,40)17-16-24-13-15-28-30(19-24)29-18-23(11-10-22-6-3-4-7-22)12-14-27(29)32-33(28)39-34(38-32)31-25(20-36)8-5-9-26(31)21-37/h5,8-9,12-15,18-19,22,40H,3-4,6-7H2,1-2H3,(H,38,39). The van der Waals surface area contributed by atoms with E-state index in [2.05, 4.69) is 52.9 Å². The van der Waals surface area contributed by atoms with Gasteiger partial charge in [0.1, 0.15) is 11.4 Å². The first kappa shape index (κ1) is 25.2. The maximum Gasteiger partial charge on any atom is 0.141 e. The highest BCUT2D eigenvalue weighted by molar-refractivity contribution is 6.24. The SMILES string of the molecule is CC(C)(O)C#Cc1ccc2c(c1)c1cc(C#CC3CCCC3)ccc1c1[nH]c(-c3c(C#N)cccc3C#N)nc21. The van der Waals surface area contributed by atoms with Gasteiger partial charge in [0, 0.05) is 27.8 Å². The normalized spacial score (nSPS) is 13.4. The largest absolute Gasteiger partial charge is 0.378 e. The van der Waals surface area contributed by atoms with Crippen LogP contribution in [-0.2, 0) is 0 Å². The van der Waals surface area contributed by atoms with Crippen LogP contribution in [0, 0.1) is 52.3 Å². The third kappa shape index (κ3) is 4.65. The van der Waals surface area contributed by atoms with Crippen molar-refractivity contribution in [3.05, 3.63) is 76.9 Å². The van der Waals surface area contributed by atoms with Gasteiger partial charge in [0.2, 0.25) is 0 Å². The van der Waals surface area contributed by atoms with Gasteiger partial charge in [0.05, 0.1) is 39.9 Å². The Morgan fingerprint density at radius 2 is 1.48 bits per heavy atom. The molecule has 0 radical (unpaired) electrons. The van der Waals surface area contributed by atoms with Crippen molar-refractivity contribution >= 4 is 32.6 Å². The summed E-state index contributed by atoms with van der Waals surface area (Å²) >= 11 is 0. The van der Waals surface area contributed by atoms with Gasteiger partial charge < -0.3 is 10.1 Å². The molecule has 192 valence electrons. The highest BCUT2D eigenvalue weighted by atomic mass is 16.3. The summed E-state index contributed by atoms with van der Waals surface area (Å²) in [6.45, 7) is 3.32. The summed E-state index contributed by atoms with van der Waals surface area (Å²) in [5.74, 6) is 13.8. The fourth-order valence-electron chi connectivity index (χ4n) is 5.47. The first-order valence-corrected chi connectivity index (χ1v) is 13.4. The first-order valence-electron chi connectivity index (χ1n) is 13.4. The number of nitrogens with one attached hydrogen (secondary N) is 1. The lowest BCUT2D eigenvalue weighted by Crippen LogP contribution is -2.14. The van der Waals surface area contributed by atoms with Crippen molar-refractivity contribution in [3.8, 4) is 47.2 Å². The van der Waals surface area contributed by atoms with E-state index in [4.69, 9.17) is 4.98 Å². The van der Waals surface area contributed by atoms with E-state index in [1.807, 2.05) is 24.3 Å². The average molecular weight is 519 g/mol. The summed E-state index contributed by atoms with van der Waals surface area (Å²) in [6.07, 6.45) is 4.83. The summed E-state index contributed by atoms with van der Waals surface area (Å²) in [7, 11) is 0. The fraction of sp³-hybridized carbons (Fsp3) is 0.229. The summed E-state index contributed by atoms with van der Waals surface area (Å²) < 4.78 is 0. The molecule has 0 bridgehead atoms. The number of aliphatic hydroxyl groups is 1. The van der Waals surface area contributed by atoms with Gasteiger partial charge in [-0.05, 0) is 73.9 Å². The number of rotatable bonds is 1. The van der Waals surface area contributed by atoms with E-state index in [9.17, 15) is 15.6 Å². The van der Waals surface area contributed by atoms with Crippen molar-refractivity contribution in [1.82, 2.24) is 9.97 Å². The van der Waals surface area contributed by atoms with E-state index >= 15 is 0 Å². The van der Waals surface area contributed by atoms with E-state index in [1.165, 1.54) is 25.7 Å². The number of aromatic amines is 1. The molecule has 5 aromatic rings. The third-order valence-corrected chi connectivity index (χ3v) is 7.39. The molecule has 1 saturated carbocycles. The number of nitrogens with zero attached hydrogens (tertiary/aromatic N) is 3. The molecule has 0 atom stereocenters. The van der Waals surface area contributed by atoms with Gasteiger partial charge in [-0.3, -0.25) is 0 Å². The van der Waals surface area contributed by atoms with Crippen LogP contribution >= 0.6 is 0 Å². The number of H-pyrrole nitrogens is 1. The van der Waals surface area contributed by atoms with E-state index in [1.54, 1.807) is 32.0 Å². The molecule has 5 heteroatoms. The second-order valence-electron chi connectivity index (χ2n) is 10.8. The number of nitriles is 2. The zero-order chi connectivity index (χ0) is 27.9. The smallest absolute Gasteiger partial charge is 0.141 e. The summed E-state index contributed by atoms with van der Waals surface area (Å²) in [5.41, 5.74) is 3.50. The topological polar surface area (TPSA) is 96.5 Å². The minimum atomic E-state index is -1.10. The van der Waals surface area contributed by atoms with Crippen molar-refractivity contribution in [2.45, 2.75) is 45.1 Å². The lowest BCUT2D eigenvalue weighted by Gasteiger charge is -2.09. The monoisotopic (exact) mass is 518 g/mol. The molecule has 4 aromatic carbocycles. The van der Waals surface area contributed by atoms with E-state index in [0.29, 0.717) is 28.4 Å². The van der Waals surface area contributed by atoms with Crippen molar-refractivity contribution in [2.75, 3.05) is 0 Å². The lowest BCUT2D eigenvalue weighted by atomic mass is 9.96. The van der Waals surface area contributed by atoms with Crippen LogP contribution in [0.1, 0.15) is 61.8 Å². The number of fused-ring (bicyclic) bond motifs is 6. The maximum absolute atomic E-state index is 10.1. The van der Waals surface area contributed by atoms with Crippen molar-refractivity contribution in [1.29, 1.82) is 10.5 Å². The fourth-order valence-corrected chi connectivity index (χ4v) is 5.47. The molecule has 0 spiro atoms. The highest BCUT2D eigenvalue weighted by Crippen LogP contribution is 2.37. The van der Waals surface area contributed by atoms with Gasteiger partial charge in [0.15, 0.2) is 0 Å². The predicted octanol–water partition coefficient (Wildman–Crippen LogP) is 6.94. The van der Waals surface area contributed by atoms with Crippen LogP contribution in [-0.4, -0.2) is 20.7 Å². The molecule has 1 aliphatic carbocycles. The van der Waals surface area contributed by atoms with Crippen molar-refractivity contribution in [3.63, 3.8) is 0 Å². The Hall–Kier alpha value is -5.07. The van der Waals surface area contributed by atoms with Crippen LogP contribution in [0.2, 0.25) is 0 Å². The van der Waals surface area contributed by atoms with Crippen molar-refractivity contribution < 1.29 is 5.11 Å². The van der Waals surface area contributed by atoms with Gasteiger partial charge in [-0.25, -0.2) is 4.98 Å². The van der Waals surface area contributed by atoms with Crippen LogP contribution in [0.3, 0.4) is 0 Å². The zero-order valence-electron chi connectivity index (χ0n) is 22.4. The van der Waals surface area contributed by atoms with Crippen LogP contribution in [0.25, 0.3) is 44.0 Å². The quantitative estimate of drug-likeness (QED) is 0.185. The third-order valence-electron chi connectivity index (χ3n) is 7.39. The second-order valence-corrected chi connectivity index (χ2v) is 10.8. The highest BCUT2D eigenvalue weighted by Gasteiger charge is 2.19. The minimum Gasteiger partial charge on any atom is -0.378 e. The zero-order valence-corrected chi connectivity index (χ0v) is 22.4. The number of hydrogen-bond donors (Lipinski definition) is 2. The second kappa shape index (κ2) is 9.91. The maximum atomic E-state index is 10.1. The molecule has 5 nitrogen and oxygen atoms in total. The van der Waals surface area contributed by atoms with E-state index in [0.717, 1.165) is 43.7 Å². The molecule has 0 unspecified atom stereocenters. The molecular formula is C35H26N4O. The molecule has 0 amide bonds. The molecule has 2 N–H and O–H groups in total. The lowest BCUT2D eigenvalue weighted by molar-refractivity contribution is 0.143. The Bertz CT molecular complexity index is 2000. The van der Waals surface area contributed by atoms with Gasteiger partial charge in [-0.15, -0.1) is 0 Å². The first-order chi connectivity index (χ1) is 19.3. The van der Waals surface area contributed by atoms with E-state index in [-0.39, 0.29) is 0 Å². The Balaban J connectivity index is 1.64. The van der Waals surface area contributed by atoms with Crippen LogP contribution in [0.5, 0.6) is 0 Å². The Kier molecular flexibility index (Phi) is 6.25. The molecule has 0 aliphatic heterocycles. The molecule has 1 aromatic heterocycles. The minimum absolute atomic E-state index is 0.389. The van der Waals surface area contributed by atoms with Crippen LogP contribution in [0.15, 0.2) is 54.6 Å². The van der Waals surface area contributed by atoms with Gasteiger partial charge in [-0.2, -0.15) is 10.5 Å².